The maximum absolute atomic E-state index is 12.8. The minimum absolute atomic E-state index is 0.00676. The molecule has 0 atom stereocenters. The molecule has 4 rings (SSSR count). The highest BCUT2D eigenvalue weighted by atomic mass is 16.5. The van der Waals surface area contributed by atoms with Gasteiger partial charge in [0.25, 0.3) is 5.91 Å². The molecule has 0 bridgehead atoms. The average molecular weight is 453 g/mol. The first-order chi connectivity index (χ1) is 15.9. The number of hydrogen-bond donors (Lipinski definition) is 1. The maximum Gasteiger partial charge on any atom is 0.255 e. The Morgan fingerprint density at radius 1 is 1.15 bits per heavy atom. The van der Waals surface area contributed by atoms with Crippen molar-refractivity contribution in [2.75, 3.05) is 51.8 Å². The summed E-state index contributed by atoms with van der Waals surface area (Å²) in [5.41, 5.74) is 1.43. The number of pyridine rings is 2. The second-order valence-corrected chi connectivity index (χ2v) is 8.84. The lowest BCUT2D eigenvalue weighted by atomic mass is 10.1. The number of carbonyl (C=O) groups is 2. The second-order valence-electron chi connectivity index (χ2n) is 8.84. The molecule has 2 aromatic heterocycles. The Hall–Kier alpha value is -3.20. The number of fused-ring (bicyclic) bond motifs is 1. The number of rotatable bonds is 6. The molecular weight excluding hydrogens is 420 g/mol. The third-order valence-corrected chi connectivity index (χ3v) is 6.07. The number of amides is 1. The van der Waals surface area contributed by atoms with Crippen LogP contribution in [-0.4, -0.2) is 78.0 Å². The van der Waals surface area contributed by atoms with E-state index >= 15 is 0 Å². The predicted molar refractivity (Wildman–Crippen MR) is 125 cm³/mol. The van der Waals surface area contributed by atoms with Crippen LogP contribution in [0.2, 0.25) is 0 Å². The molecule has 0 aromatic carbocycles. The van der Waals surface area contributed by atoms with Gasteiger partial charge in [0.2, 0.25) is 5.91 Å². The van der Waals surface area contributed by atoms with Crippen LogP contribution in [0.4, 0.5) is 11.5 Å². The second kappa shape index (κ2) is 10.2. The molecule has 0 saturated carbocycles. The Morgan fingerprint density at radius 2 is 1.94 bits per heavy atom. The zero-order valence-corrected chi connectivity index (χ0v) is 19.4. The predicted octanol–water partition coefficient (Wildman–Crippen LogP) is 2.50. The molecule has 0 unspecified atom stereocenters. The van der Waals surface area contributed by atoms with Crippen molar-refractivity contribution in [2.45, 2.75) is 32.1 Å². The summed E-state index contributed by atoms with van der Waals surface area (Å²) in [6.07, 6.45) is 7.64. The van der Waals surface area contributed by atoms with Gasteiger partial charge in [0.1, 0.15) is 12.1 Å². The van der Waals surface area contributed by atoms with Gasteiger partial charge in [-0.3, -0.25) is 19.6 Å². The monoisotopic (exact) mass is 452 g/mol. The lowest BCUT2D eigenvalue weighted by Gasteiger charge is -2.31. The molecule has 0 aliphatic carbocycles. The topological polar surface area (TPSA) is 94.8 Å². The molecule has 0 radical (unpaired) electrons. The van der Waals surface area contributed by atoms with E-state index in [9.17, 15) is 9.59 Å². The van der Waals surface area contributed by atoms with E-state index in [2.05, 4.69) is 4.98 Å². The van der Waals surface area contributed by atoms with Crippen LogP contribution in [0.15, 0.2) is 30.6 Å². The third kappa shape index (κ3) is 5.24. The summed E-state index contributed by atoms with van der Waals surface area (Å²) in [6.45, 7) is 3.41. The normalized spacial score (nSPS) is 15.8. The fourth-order valence-electron chi connectivity index (χ4n) is 4.29. The number of anilines is 2. The lowest BCUT2D eigenvalue weighted by Crippen LogP contribution is -2.36. The van der Waals surface area contributed by atoms with Crippen molar-refractivity contribution in [3.63, 3.8) is 0 Å². The van der Waals surface area contributed by atoms with Crippen LogP contribution in [0.25, 0.3) is 0 Å². The highest BCUT2D eigenvalue weighted by Crippen LogP contribution is 2.35. The SMILES string of the molecule is CN(C)CCCC(=O)n1ccc(N2CCOc3cc(C(=O)N4CCCCC4)cnc32)cc1=N. The van der Waals surface area contributed by atoms with Gasteiger partial charge in [0.15, 0.2) is 11.6 Å². The van der Waals surface area contributed by atoms with E-state index in [1.54, 1.807) is 24.5 Å². The number of likely N-dealkylation sites (tertiary alicyclic amines) is 1. The van der Waals surface area contributed by atoms with Crippen LogP contribution < -0.4 is 15.1 Å². The number of ether oxygens (including phenoxy) is 1. The Morgan fingerprint density at radius 3 is 2.67 bits per heavy atom. The van der Waals surface area contributed by atoms with E-state index < -0.39 is 0 Å². The Labute approximate surface area is 194 Å². The molecule has 2 aliphatic rings. The van der Waals surface area contributed by atoms with Gasteiger partial charge in [-0.25, -0.2) is 4.98 Å². The molecule has 0 spiro atoms. The van der Waals surface area contributed by atoms with E-state index in [4.69, 9.17) is 10.1 Å². The third-order valence-electron chi connectivity index (χ3n) is 6.07. The van der Waals surface area contributed by atoms with Crippen molar-refractivity contribution in [1.29, 1.82) is 5.41 Å². The number of aromatic nitrogens is 2. The van der Waals surface area contributed by atoms with Crippen LogP contribution in [0.3, 0.4) is 0 Å². The van der Waals surface area contributed by atoms with Crippen LogP contribution in [0.1, 0.15) is 47.3 Å². The molecule has 9 heteroatoms. The van der Waals surface area contributed by atoms with Gasteiger partial charge in [0, 0.05) is 43.7 Å². The van der Waals surface area contributed by atoms with E-state index in [0.717, 1.165) is 44.6 Å². The molecule has 1 N–H and O–H groups in total. The van der Waals surface area contributed by atoms with Crippen LogP contribution in [0.5, 0.6) is 5.75 Å². The van der Waals surface area contributed by atoms with Crippen molar-refractivity contribution in [3.8, 4) is 5.75 Å². The van der Waals surface area contributed by atoms with Gasteiger partial charge in [-0.2, -0.15) is 0 Å². The standard InChI is InChI=1S/C24H32N6O3/c1-27(2)9-6-7-22(31)30-12-8-19(16-21(30)25)29-13-14-33-20-15-18(17-26-23(20)29)24(32)28-10-4-3-5-11-28/h8,12,15-17,25H,3-7,9-11,13-14H2,1-2H3. The molecule has 33 heavy (non-hydrogen) atoms. The molecule has 4 heterocycles. The van der Waals surface area contributed by atoms with Gasteiger partial charge in [0.05, 0.1) is 12.1 Å². The summed E-state index contributed by atoms with van der Waals surface area (Å²) in [5, 5.41) is 8.37. The minimum atomic E-state index is -0.0882. The molecule has 2 aromatic rings. The number of hydrogen-bond acceptors (Lipinski definition) is 7. The molecule has 176 valence electrons. The quantitative estimate of drug-likeness (QED) is 0.724. The van der Waals surface area contributed by atoms with Gasteiger partial charge in [-0.05, 0) is 58.5 Å². The maximum atomic E-state index is 12.8. The zero-order chi connectivity index (χ0) is 23.4. The smallest absolute Gasteiger partial charge is 0.255 e. The van der Waals surface area contributed by atoms with E-state index in [1.807, 2.05) is 34.9 Å². The molecule has 9 nitrogen and oxygen atoms in total. The Kier molecular flexibility index (Phi) is 7.08. The number of carbonyl (C=O) groups excluding carboxylic acids is 2. The summed E-state index contributed by atoms with van der Waals surface area (Å²) in [7, 11) is 3.95. The fraction of sp³-hybridized carbons (Fsp3) is 0.500. The zero-order valence-electron chi connectivity index (χ0n) is 19.4. The van der Waals surface area contributed by atoms with Gasteiger partial charge >= 0.3 is 0 Å². The largest absolute Gasteiger partial charge is 0.488 e. The fourth-order valence-corrected chi connectivity index (χ4v) is 4.29. The summed E-state index contributed by atoms with van der Waals surface area (Å²) >= 11 is 0. The van der Waals surface area contributed by atoms with Gasteiger partial charge < -0.3 is 19.4 Å². The molecular formula is C24H32N6O3. The molecule has 2 aliphatic heterocycles. The van der Waals surface area contributed by atoms with Gasteiger partial charge in [-0.15, -0.1) is 0 Å². The van der Waals surface area contributed by atoms with Crippen molar-refractivity contribution in [2.24, 2.45) is 0 Å². The lowest BCUT2D eigenvalue weighted by molar-refractivity contribution is 0.0723. The first kappa shape index (κ1) is 23.0. The molecule has 1 saturated heterocycles. The Bertz CT molecular complexity index is 1070. The number of piperidine rings is 1. The summed E-state index contributed by atoms with van der Waals surface area (Å²) < 4.78 is 7.21. The average Bonchev–Trinajstić information content (AvgIpc) is 2.83. The van der Waals surface area contributed by atoms with Crippen LogP contribution >= 0.6 is 0 Å². The molecule has 1 amide bonds. The number of nitrogens with zero attached hydrogens (tertiary/aromatic N) is 5. The first-order valence-corrected chi connectivity index (χ1v) is 11.6. The van der Waals surface area contributed by atoms with Crippen molar-refractivity contribution in [3.05, 3.63) is 41.6 Å². The van der Waals surface area contributed by atoms with Crippen molar-refractivity contribution >= 4 is 23.3 Å². The summed E-state index contributed by atoms with van der Waals surface area (Å²) in [6, 6.07) is 5.27. The Balaban J connectivity index is 1.52. The van der Waals surface area contributed by atoms with Crippen molar-refractivity contribution in [1.82, 2.24) is 19.4 Å². The number of nitrogens with one attached hydrogen (secondary N) is 1. The first-order valence-electron chi connectivity index (χ1n) is 11.6. The highest BCUT2D eigenvalue weighted by Gasteiger charge is 2.25. The summed E-state index contributed by atoms with van der Waals surface area (Å²) in [4.78, 5) is 35.8. The highest BCUT2D eigenvalue weighted by molar-refractivity contribution is 5.95. The molecule has 1 fully saturated rings. The van der Waals surface area contributed by atoms with E-state index in [1.165, 1.54) is 11.0 Å². The summed E-state index contributed by atoms with van der Waals surface area (Å²) in [5.74, 6) is 1.08. The minimum Gasteiger partial charge on any atom is -0.488 e. The van der Waals surface area contributed by atoms with E-state index in [0.29, 0.717) is 36.7 Å². The van der Waals surface area contributed by atoms with E-state index in [-0.39, 0.29) is 17.3 Å². The van der Waals surface area contributed by atoms with Crippen LogP contribution in [-0.2, 0) is 0 Å². The van der Waals surface area contributed by atoms with Crippen LogP contribution in [0, 0.1) is 5.41 Å². The van der Waals surface area contributed by atoms with Gasteiger partial charge in [-0.1, -0.05) is 0 Å². The van der Waals surface area contributed by atoms with Crippen molar-refractivity contribution < 1.29 is 14.3 Å².